The van der Waals surface area contributed by atoms with Crippen LogP contribution < -0.4 is 10.0 Å². The lowest BCUT2D eigenvalue weighted by Crippen LogP contribution is -2.33. The summed E-state index contributed by atoms with van der Waals surface area (Å²) in [6, 6.07) is 25.3. The molecule has 0 atom stereocenters. The lowest BCUT2D eigenvalue weighted by Gasteiger charge is -2.26. The average molecular weight is 507 g/mol. The Morgan fingerprint density at radius 3 is 2.09 bits per heavy atom. The monoisotopic (exact) mass is 506 g/mol. The van der Waals surface area contributed by atoms with Crippen LogP contribution in [-0.2, 0) is 16.6 Å². The summed E-state index contributed by atoms with van der Waals surface area (Å²) in [6.45, 7) is 2.67. The largest absolute Gasteiger partial charge is 0.326 e. The minimum absolute atomic E-state index is 0.180. The highest BCUT2D eigenvalue weighted by Crippen LogP contribution is 2.39. The lowest BCUT2D eigenvalue weighted by atomic mass is 10.1. The minimum Gasteiger partial charge on any atom is -0.326 e. The van der Waals surface area contributed by atoms with Crippen molar-refractivity contribution in [2.45, 2.75) is 31.2 Å². The number of aromatic nitrogens is 2. The van der Waals surface area contributed by atoms with Crippen molar-refractivity contribution in [1.29, 1.82) is 0 Å². The van der Waals surface area contributed by atoms with Gasteiger partial charge >= 0.3 is 0 Å². The van der Waals surface area contributed by atoms with E-state index < -0.39 is 10.0 Å². The molecule has 0 aliphatic rings. The molecule has 35 heavy (non-hydrogen) atoms. The summed E-state index contributed by atoms with van der Waals surface area (Å²) in [5, 5.41) is 0.180. The number of nitrogens with two attached hydrogens (primary N) is 1. The molecule has 0 aliphatic carbocycles. The van der Waals surface area contributed by atoms with Crippen LogP contribution in [0, 0.1) is 0 Å². The second-order valence-corrected chi connectivity index (χ2v) is 10.3. The van der Waals surface area contributed by atoms with Crippen molar-refractivity contribution >= 4 is 27.4 Å². The van der Waals surface area contributed by atoms with Gasteiger partial charge in [-0.3, -0.25) is 0 Å². The van der Waals surface area contributed by atoms with Gasteiger partial charge in [0, 0.05) is 18.7 Å². The molecular weight excluding hydrogens is 480 g/mol. The Morgan fingerprint density at radius 1 is 0.857 bits per heavy atom. The van der Waals surface area contributed by atoms with Gasteiger partial charge < -0.3 is 5.73 Å². The van der Waals surface area contributed by atoms with Crippen molar-refractivity contribution in [2.75, 3.05) is 10.8 Å². The fourth-order valence-corrected chi connectivity index (χ4v) is 5.49. The third-order valence-corrected chi connectivity index (χ3v) is 7.72. The number of anilines is 1. The fraction of sp³-hybridized carbons (Fsp3) is 0.185. The molecule has 4 rings (SSSR count). The van der Waals surface area contributed by atoms with E-state index in [1.165, 1.54) is 4.31 Å². The predicted octanol–water partition coefficient (Wildman–Crippen LogP) is 5.92. The molecule has 6 nitrogen and oxygen atoms in total. The summed E-state index contributed by atoms with van der Waals surface area (Å²) in [5.74, 6) is 0.611. The summed E-state index contributed by atoms with van der Waals surface area (Å²) in [7, 11) is -3.92. The van der Waals surface area contributed by atoms with Crippen molar-refractivity contribution in [3.8, 4) is 22.5 Å². The van der Waals surface area contributed by atoms with Crippen molar-refractivity contribution in [3.63, 3.8) is 0 Å². The maximum Gasteiger partial charge on any atom is 0.265 e. The van der Waals surface area contributed by atoms with Crippen LogP contribution in [0.15, 0.2) is 89.8 Å². The third kappa shape index (κ3) is 5.37. The molecule has 0 aliphatic heterocycles. The predicted molar refractivity (Wildman–Crippen MR) is 142 cm³/mol. The molecule has 0 fully saturated rings. The first kappa shape index (κ1) is 24.9. The zero-order valence-corrected chi connectivity index (χ0v) is 21.0. The van der Waals surface area contributed by atoms with Gasteiger partial charge in [0.2, 0.25) is 0 Å². The molecule has 0 unspecified atom stereocenters. The fourth-order valence-electron chi connectivity index (χ4n) is 3.74. The molecular formula is C27H27ClN4O2S. The highest BCUT2D eigenvalue weighted by atomic mass is 35.5. The Kier molecular flexibility index (Phi) is 7.80. The zero-order chi connectivity index (χ0) is 24.8. The Labute approximate surface area is 211 Å². The quantitative estimate of drug-likeness (QED) is 0.285. The first-order chi connectivity index (χ1) is 17.0. The van der Waals surface area contributed by atoms with Gasteiger partial charge in [0.1, 0.15) is 5.15 Å². The molecule has 2 N–H and O–H groups in total. The standard InChI is InChI=1S/C27H27ClN4O2S/c1-2-3-18-32(35(33,34)23-12-8-5-9-13-23)27-24(21-16-14-20(19-29)15-17-21)25(28)30-26(31-27)22-10-6-4-7-11-22/h4-17H,2-3,18-19,29H2,1H3. The van der Waals surface area contributed by atoms with Gasteiger partial charge in [-0.05, 0) is 29.7 Å². The van der Waals surface area contributed by atoms with E-state index >= 15 is 0 Å². The minimum atomic E-state index is -3.92. The topological polar surface area (TPSA) is 89.2 Å². The molecule has 180 valence electrons. The average Bonchev–Trinajstić information content (AvgIpc) is 2.90. The van der Waals surface area contributed by atoms with Crippen LogP contribution in [0.1, 0.15) is 25.3 Å². The normalized spacial score (nSPS) is 11.4. The second kappa shape index (κ2) is 11.0. The van der Waals surface area contributed by atoms with Gasteiger partial charge in [-0.2, -0.15) is 0 Å². The van der Waals surface area contributed by atoms with Crippen molar-refractivity contribution < 1.29 is 8.42 Å². The highest BCUT2D eigenvalue weighted by Gasteiger charge is 2.30. The molecule has 0 saturated carbocycles. The molecule has 1 heterocycles. The summed E-state index contributed by atoms with van der Waals surface area (Å²) >= 11 is 6.77. The molecule has 1 aromatic heterocycles. The first-order valence-electron chi connectivity index (χ1n) is 11.5. The lowest BCUT2D eigenvalue weighted by molar-refractivity contribution is 0.588. The maximum atomic E-state index is 13.9. The molecule has 0 saturated heterocycles. The second-order valence-electron chi connectivity index (χ2n) is 8.05. The number of benzene rings is 3. The van der Waals surface area contributed by atoms with Crippen molar-refractivity contribution in [2.24, 2.45) is 5.73 Å². The van der Waals surface area contributed by atoms with Gasteiger partial charge in [-0.15, -0.1) is 0 Å². The number of sulfonamides is 1. The maximum absolute atomic E-state index is 13.9. The zero-order valence-electron chi connectivity index (χ0n) is 19.4. The number of rotatable bonds is 9. The van der Waals surface area contributed by atoms with E-state index in [1.807, 2.05) is 61.5 Å². The number of hydrogen-bond donors (Lipinski definition) is 1. The van der Waals surface area contributed by atoms with Gasteiger partial charge in [0.05, 0.1) is 10.5 Å². The summed E-state index contributed by atoms with van der Waals surface area (Å²) in [4.78, 5) is 9.53. The van der Waals surface area contributed by atoms with E-state index in [9.17, 15) is 8.42 Å². The van der Waals surface area contributed by atoms with Crippen LogP contribution in [0.2, 0.25) is 5.15 Å². The van der Waals surface area contributed by atoms with E-state index in [0.717, 1.165) is 17.5 Å². The van der Waals surface area contributed by atoms with Gasteiger partial charge in [0.25, 0.3) is 10.0 Å². The highest BCUT2D eigenvalue weighted by molar-refractivity contribution is 7.92. The number of nitrogens with zero attached hydrogens (tertiary/aromatic N) is 3. The summed E-state index contributed by atoms with van der Waals surface area (Å²) in [5.41, 5.74) is 8.64. The molecule has 0 bridgehead atoms. The van der Waals surface area contributed by atoms with Crippen LogP contribution in [0.5, 0.6) is 0 Å². The smallest absolute Gasteiger partial charge is 0.265 e. The third-order valence-electron chi connectivity index (χ3n) is 5.64. The Hall–Kier alpha value is -3.26. The van der Waals surface area contributed by atoms with Crippen LogP contribution in [-0.4, -0.2) is 24.9 Å². The molecule has 0 radical (unpaired) electrons. The van der Waals surface area contributed by atoms with Crippen LogP contribution in [0.25, 0.3) is 22.5 Å². The molecule has 3 aromatic carbocycles. The van der Waals surface area contributed by atoms with Crippen LogP contribution in [0.4, 0.5) is 5.82 Å². The van der Waals surface area contributed by atoms with E-state index in [2.05, 4.69) is 4.98 Å². The molecule has 0 spiro atoms. The molecule has 0 amide bonds. The Morgan fingerprint density at radius 2 is 1.49 bits per heavy atom. The van der Waals surface area contributed by atoms with E-state index in [0.29, 0.717) is 29.9 Å². The van der Waals surface area contributed by atoms with Gasteiger partial charge in [-0.1, -0.05) is 97.7 Å². The van der Waals surface area contributed by atoms with E-state index in [1.54, 1.807) is 30.3 Å². The Balaban J connectivity index is 1.98. The van der Waals surface area contributed by atoms with Crippen molar-refractivity contribution in [1.82, 2.24) is 9.97 Å². The SMILES string of the molecule is CCCCN(c1nc(-c2ccccc2)nc(Cl)c1-c1ccc(CN)cc1)S(=O)(=O)c1ccccc1. The van der Waals surface area contributed by atoms with E-state index in [4.69, 9.17) is 22.3 Å². The summed E-state index contributed by atoms with van der Waals surface area (Å²) in [6.07, 6.45) is 1.46. The van der Waals surface area contributed by atoms with Crippen LogP contribution >= 0.6 is 11.6 Å². The number of halogens is 1. The first-order valence-corrected chi connectivity index (χ1v) is 13.3. The molecule has 4 aromatic rings. The summed E-state index contributed by atoms with van der Waals surface area (Å²) < 4.78 is 29.1. The van der Waals surface area contributed by atoms with Crippen LogP contribution in [0.3, 0.4) is 0 Å². The molecule has 8 heteroatoms. The van der Waals surface area contributed by atoms with Crippen molar-refractivity contribution in [3.05, 3.63) is 95.6 Å². The number of unbranched alkanes of at least 4 members (excludes halogenated alkanes) is 1. The van der Waals surface area contributed by atoms with E-state index in [-0.39, 0.29) is 22.4 Å². The number of hydrogen-bond acceptors (Lipinski definition) is 5. The van der Waals surface area contributed by atoms with Gasteiger partial charge in [0.15, 0.2) is 11.6 Å². The Bertz CT molecular complexity index is 1380. The van der Waals surface area contributed by atoms with Gasteiger partial charge in [-0.25, -0.2) is 22.7 Å².